The number of piperazine rings is 1. The Morgan fingerprint density at radius 1 is 1.22 bits per heavy atom. The molecule has 1 atom stereocenters. The molecule has 0 spiro atoms. The molecule has 124 valence electrons. The van der Waals surface area contributed by atoms with Crippen LogP contribution in [0.2, 0.25) is 5.02 Å². The number of rotatable bonds is 2. The smallest absolute Gasteiger partial charge is 0.228 e. The van der Waals surface area contributed by atoms with Gasteiger partial charge in [0.25, 0.3) is 0 Å². The Kier molecular flexibility index (Phi) is 4.60. The van der Waals surface area contributed by atoms with Gasteiger partial charge in [0.05, 0.1) is 5.92 Å². The van der Waals surface area contributed by atoms with Crippen LogP contribution in [-0.4, -0.2) is 61.4 Å². The molecule has 0 bridgehead atoms. The fourth-order valence-corrected chi connectivity index (χ4v) is 3.33. The molecule has 2 aliphatic heterocycles. The zero-order chi connectivity index (χ0) is 16.6. The van der Waals surface area contributed by atoms with E-state index in [1.54, 1.807) is 11.0 Å². The lowest BCUT2D eigenvalue weighted by Gasteiger charge is -2.33. The van der Waals surface area contributed by atoms with Crippen molar-refractivity contribution in [3.8, 4) is 0 Å². The highest BCUT2D eigenvalue weighted by Crippen LogP contribution is 2.29. The summed E-state index contributed by atoms with van der Waals surface area (Å²) >= 11 is 6.16. The molecule has 2 fully saturated rings. The second-order valence-corrected chi connectivity index (χ2v) is 6.87. The van der Waals surface area contributed by atoms with Crippen molar-refractivity contribution < 1.29 is 9.59 Å². The Balaban J connectivity index is 1.69. The van der Waals surface area contributed by atoms with Gasteiger partial charge in [-0.3, -0.25) is 9.59 Å². The summed E-state index contributed by atoms with van der Waals surface area (Å²) in [5.41, 5.74) is 1.76. The number of nitrogens with zero attached hydrogens (tertiary/aromatic N) is 3. The molecule has 5 nitrogen and oxygen atoms in total. The summed E-state index contributed by atoms with van der Waals surface area (Å²) in [7, 11) is 2.06. The van der Waals surface area contributed by atoms with E-state index in [-0.39, 0.29) is 24.2 Å². The van der Waals surface area contributed by atoms with E-state index in [9.17, 15) is 9.59 Å². The molecule has 2 aliphatic rings. The summed E-state index contributed by atoms with van der Waals surface area (Å²) in [6.07, 6.45) is 0.288. The maximum absolute atomic E-state index is 12.7. The third-order valence-electron chi connectivity index (χ3n) is 4.76. The van der Waals surface area contributed by atoms with Crippen molar-refractivity contribution >= 4 is 29.1 Å². The second-order valence-electron chi connectivity index (χ2n) is 6.47. The number of hydrogen-bond donors (Lipinski definition) is 0. The minimum Gasteiger partial charge on any atom is -0.340 e. The first-order chi connectivity index (χ1) is 11.0. The van der Waals surface area contributed by atoms with Gasteiger partial charge in [0.2, 0.25) is 11.8 Å². The average Bonchev–Trinajstić information content (AvgIpc) is 2.92. The fraction of sp³-hybridized carbons (Fsp3) is 0.529. The van der Waals surface area contributed by atoms with E-state index in [0.717, 1.165) is 37.4 Å². The van der Waals surface area contributed by atoms with E-state index < -0.39 is 0 Å². The van der Waals surface area contributed by atoms with Crippen LogP contribution in [0.25, 0.3) is 0 Å². The molecule has 1 unspecified atom stereocenters. The monoisotopic (exact) mass is 335 g/mol. The molecular formula is C17H22ClN3O2. The summed E-state index contributed by atoms with van der Waals surface area (Å²) in [6, 6.07) is 5.60. The lowest BCUT2D eigenvalue weighted by molar-refractivity contribution is -0.137. The zero-order valence-corrected chi connectivity index (χ0v) is 14.3. The Labute approximate surface area is 141 Å². The van der Waals surface area contributed by atoms with Gasteiger partial charge in [-0.2, -0.15) is 0 Å². The van der Waals surface area contributed by atoms with Crippen molar-refractivity contribution in [2.24, 2.45) is 5.92 Å². The number of halogens is 1. The van der Waals surface area contributed by atoms with Gasteiger partial charge in [0.1, 0.15) is 0 Å². The topological polar surface area (TPSA) is 43.9 Å². The zero-order valence-electron chi connectivity index (χ0n) is 13.6. The summed E-state index contributed by atoms with van der Waals surface area (Å²) in [4.78, 5) is 30.8. The van der Waals surface area contributed by atoms with Gasteiger partial charge in [-0.05, 0) is 31.7 Å². The molecule has 0 N–H and O–H groups in total. The first-order valence-corrected chi connectivity index (χ1v) is 8.37. The molecule has 0 aliphatic carbocycles. The van der Waals surface area contributed by atoms with Gasteiger partial charge in [0.15, 0.2) is 0 Å². The van der Waals surface area contributed by atoms with Crippen molar-refractivity contribution in [1.29, 1.82) is 0 Å². The number of amides is 2. The van der Waals surface area contributed by atoms with Gasteiger partial charge in [0, 0.05) is 49.9 Å². The van der Waals surface area contributed by atoms with Crippen molar-refractivity contribution in [3.63, 3.8) is 0 Å². The van der Waals surface area contributed by atoms with E-state index in [0.29, 0.717) is 11.6 Å². The number of hydrogen-bond acceptors (Lipinski definition) is 3. The fourth-order valence-electron chi connectivity index (χ4n) is 3.16. The van der Waals surface area contributed by atoms with Gasteiger partial charge in [-0.1, -0.05) is 17.7 Å². The quantitative estimate of drug-likeness (QED) is 0.827. The summed E-state index contributed by atoms with van der Waals surface area (Å²) < 4.78 is 0. The number of carbonyl (C=O) groups excluding carboxylic acids is 2. The Morgan fingerprint density at radius 2 is 1.91 bits per heavy atom. The van der Waals surface area contributed by atoms with Gasteiger partial charge >= 0.3 is 0 Å². The van der Waals surface area contributed by atoms with E-state index in [2.05, 4.69) is 11.9 Å². The van der Waals surface area contributed by atoms with E-state index >= 15 is 0 Å². The van der Waals surface area contributed by atoms with Crippen LogP contribution in [0.5, 0.6) is 0 Å². The Morgan fingerprint density at radius 3 is 2.57 bits per heavy atom. The van der Waals surface area contributed by atoms with Crippen LogP contribution in [0.1, 0.15) is 12.0 Å². The van der Waals surface area contributed by atoms with Gasteiger partial charge in [-0.15, -0.1) is 0 Å². The third kappa shape index (κ3) is 3.35. The van der Waals surface area contributed by atoms with Crippen LogP contribution in [0.4, 0.5) is 5.69 Å². The molecule has 1 aromatic carbocycles. The van der Waals surface area contributed by atoms with E-state index in [1.165, 1.54) is 0 Å². The maximum atomic E-state index is 12.7. The Hall–Kier alpha value is -1.59. The average molecular weight is 336 g/mol. The molecule has 0 saturated carbocycles. The third-order valence-corrected chi connectivity index (χ3v) is 5.16. The van der Waals surface area contributed by atoms with Crippen LogP contribution in [-0.2, 0) is 9.59 Å². The van der Waals surface area contributed by atoms with Crippen molar-refractivity contribution in [2.75, 3.05) is 44.7 Å². The number of aryl methyl sites for hydroxylation is 1. The normalized spacial score (nSPS) is 22.7. The minimum absolute atomic E-state index is 0.00241. The largest absolute Gasteiger partial charge is 0.340 e. The van der Waals surface area contributed by atoms with Crippen LogP contribution in [0.3, 0.4) is 0 Å². The first-order valence-electron chi connectivity index (χ1n) is 7.99. The van der Waals surface area contributed by atoms with Crippen LogP contribution < -0.4 is 4.90 Å². The molecule has 23 heavy (non-hydrogen) atoms. The molecule has 6 heteroatoms. The van der Waals surface area contributed by atoms with Crippen molar-refractivity contribution in [1.82, 2.24) is 9.80 Å². The Bertz CT molecular complexity index is 626. The van der Waals surface area contributed by atoms with Crippen molar-refractivity contribution in [2.45, 2.75) is 13.3 Å². The molecule has 2 heterocycles. The molecule has 1 aromatic rings. The predicted octanol–water partition coefficient (Wildman–Crippen LogP) is 1.78. The van der Waals surface area contributed by atoms with Crippen LogP contribution >= 0.6 is 11.6 Å². The molecule has 2 amide bonds. The number of benzene rings is 1. The summed E-state index contributed by atoms with van der Waals surface area (Å²) in [6.45, 7) is 5.65. The summed E-state index contributed by atoms with van der Waals surface area (Å²) in [5, 5.41) is 0.643. The summed E-state index contributed by atoms with van der Waals surface area (Å²) in [5.74, 6) is -0.143. The minimum atomic E-state index is -0.244. The highest BCUT2D eigenvalue weighted by molar-refractivity contribution is 6.31. The van der Waals surface area contributed by atoms with Crippen LogP contribution in [0.15, 0.2) is 18.2 Å². The molecular weight excluding hydrogens is 314 g/mol. The van der Waals surface area contributed by atoms with Crippen molar-refractivity contribution in [3.05, 3.63) is 28.8 Å². The number of carbonyl (C=O) groups is 2. The van der Waals surface area contributed by atoms with Gasteiger partial charge < -0.3 is 14.7 Å². The lowest BCUT2D eigenvalue weighted by Crippen LogP contribution is -2.49. The number of likely N-dealkylation sites (N-methyl/N-ethyl adjacent to an activating group) is 1. The molecule has 3 rings (SSSR count). The molecule has 0 radical (unpaired) electrons. The molecule has 2 saturated heterocycles. The predicted molar refractivity (Wildman–Crippen MR) is 90.7 cm³/mol. The lowest BCUT2D eigenvalue weighted by atomic mass is 10.1. The highest BCUT2D eigenvalue weighted by Gasteiger charge is 2.37. The SMILES string of the molecule is Cc1ccc(N2CC(C(=O)N3CCN(C)CC3)CC2=O)cc1Cl. The van der Waals surface area contributed by atoms with Gasteiger partial charge in [-0.25, -0.2) is 0 Å². The second kappa shape index (κ2) is 6.49. The first kappa shape index (κ1) is 16.3. The van der Waals surface area contributed by atoms with Crippen LogP contribution in [0, 0.1) is 12.8 Å². The van der Waals surface area contributed by atoms with E-state index in [4.69, 9.17) is 11.6 Å². The molecule has 0 aromatic heterocycles. The number of anilines is 1. The van der Waals surface area contributed by atoms with E-state index in [1.807, 2.05) is 24.0 Å². The highest BCUT2D eigenvalue weighted by atomic mass is 35.5. The standard InChI is InChI=1S/C17H22ClN3O2/c1-12-3-4-14(10-15(12)18)21-11-13(9-16(21)22)17(23)20-7-5-19(2)6-8-20/h3-4,10,13H,5-9,11H2,1-2H3. The maximum Gasteiger partial charge on any atom is 0.228 e.